The maximum atomic E-state index is 13.4. The lowest BCUT2D eigenvalue weighted by Gasteiger charge is -2.46. The molecule has 0 bridgehead atoms. The molecule has 1 amide bonds. The van der Waals surface area contributed by atoms with Crippen LogP contribution in [0.15, 0.2) is 32.2 Å². The molecule has 2 aliphatic rings. The summed E-state index contributed by atoms with van der Waals surface area (Å²) < 4.78 is 10.5. The zero-order valence-electron chi connectivity index (χ0n) is 19.7. The number of methoxy groups -OCH3 is 2. The van der Waals surface area contributed by atoms with Crippen LogP contribution < -0.4 is 4.90 Å². The highest BCUT2D eigenvalue weighted by Gasteiger charge is 2.46. The number of amides is 1. The molecule has 0 spiro atoms. The van der Waals surface area contributed by atoms with Crippen LogP contribution in [-0.4, -0.2) is 42.5 Å². The number of carbonyl (C=O) groups excluding carboxylic acids is 3. The standard InChI is InChI=1S/C24H27NO5S3/c1-8-13(3)20(26)25-15-10-9-12(2)11-14(15)16(19(31)24(25,4)5)23-32-17(21(27)29-6)18(33-23)22(28)30-7/h9-11,13H,8H2,1-7H3/t13-/m1/s1. The molecule has 2 heterocycles. The van der Waals surface area contributed by atoms with Gasteiger partial charge >= 0.3 is 11.9 Å². The minimum Gasteiger partial charge on any atom is -0.465 e. The zero-order valence-corrected chi connectivity index (χ0v) is 22.2. The first-order valence-electron chi connectivity index (χ1n) is 10.5. The lowest BCUT2D eigenvalue weighted by molar-refractivity contribution is -0.138. The fourth-order valence-electron chi connectivity index (χ4n) is 3.72. The Hall–Kier alpha value is -2.10. The summed E-state index contributed by atoms with van der Waals surface area (Å²) in [7, 11) is 2.54. The van der Waals surface area contributed by atoms with Gasteiger partial charge in [-0.25, -0.2) is 9.59 Å². The van der Waals surface area contributed by atoms with Gasteiger partial charge in [0.1, 0.15) is 9.81 Å². The van der Waals surface area contributed by atoms with Crippen LogP contribution in [0, 0.1) is 12.8 Å². The Morgan fingerprint density at radius 3 is 2.12 bits per heavy atom. The monoisotopic (exact) mass is 505 g/mol. The third-order valence-corrected chi connectivity index (χ3v) is 9.06. The minimum atomic E-state index is -0.791. The number of hydrogen-bond acceptors (Lipinski definition) is 8. The van der Waals surface area contributed by atoms with E-state index in [1.54, 1.807) is 4.90 Å². The summed E-state index contributed by atoms with van der Waals surface area (Å²) in [6, 6.07) is 5.90. The second kappa shape index (κ2) is 9.64. The Morgan fingerprint density at radius 1 is 1.09 bits per heavy atom. The van der Waals surface area contributed by atoms with Crippen molar-refractivity contribution in [2.75, 3.05) is 19.1 Å². The van der Waals surface area contributed by atoms with Crippen LogP contribution >= 0.6 is 35.7 Å². The molecular weight excluding hydrogens is 478 g/mol. The van der Waals surface area contributed by atoms with Gasteiger partial charge in [0, 0.05) is 17.1 Å². The number of fused-ring (bicyclic) bond motifs is 1. The van der Waals surface area contributed by atoms with Crippen LogP contribution in [0.3, 0.4) is 0 Å². The predicted molar refractivity (Wildman–Crippen MR) is 138 cm³/mol. The normalized spacial score (nSPS) is 18.3. The van der Waals surface area contributed by atoms with E-state index in [9.17, 15) is 14.4 Å². The molecule has 0 N–H and O–H groups in total. The molecule has 6 nitrogen and oxygen atoms in total. The van der Waals surface area contributed by atoms with Crippen LogP contribution in [0.25, 0.3) is 5.57 Å². The van der Waals surface area contributed by atoms with E-state index in [2.05, 4.69) is 0 Å². The molecule has 0 saturated heterocycles. The highest BCUT2D eigenvalue weighted by molar-refractivity contribution is 8.29. The van der Waals surface area contributed by atoms with Crippen LogP contribution in [0.2, 0.25) is 0 Å². The van der Waals surface area contributed by atoms with Crippen molar-refractivity contribution in [1.82, 2.24) is 0 Å². The summed E-state index contributed by atoms with van der Waals surface area (Å²) in [6.45, 7) is 9.74. The van der Waals surface area contributed by atoms with E-state index in [0.29, 0.717) is 15.5 Å². The summed E-state index contributed by atoms with van der Waals surface area (Å²) in [6.07, 6.45) is 0.716. The van der Waals surface area contributed by atoms with E-state index in [1.165, 1.54) is 14.2 Å². The molecule has 3 rings (SSSR count). The molecule has 0 aromatic heterocycles. The van der Waals surface area contributed by atoms with Gasteiger partial charge in [-0.05, 0) is 39.3 Å². The number of rotatable bonds is 4. The Morgan fingerprint density at radius 2 is 1.64 bits per heavy atom. The van der Waals surface area contributed by atoms with Crippen molar-refractivity contribution < 1.29 is 23.9 Å². The number of esters is 2. The molecule has 33 heavy (non-hydrogen) atoms. The maximum Gasteiger partial charge on any atom is 0.346 e. The second-order valence-electron chi connectivity index (χ2n) is 8.40. The smallest absolute Gasteiger partial charge is 0.346 e. The van der Waals surface area contributed by atoms with Crippen molar-refractivity contribution in [3.05, 3.63) is 43.4 Å². The SMILES string of the molecule is CC[C@@H](C)C(=O)N1c2ccc(C)cc2C(=C2SC(C(=O)OC)=C(C(=O)OC)S2)C(=S)C1(C)C. The molecule has 2 aliphatic heterocycles. The fourth-order valence-corrected chi connectivity index (χ4v) is 6.76. The molecule has 1 aromatic rings. The Balaban J connectivity index is 2.25. The number of ether oxygens (including phenoxy) is 2. The molecule has 1 atom stereocenters. The van der Waals surface area contributed by atoms with E-state index in [1.807, 2.05) is 52.8 Å². The summed E-state index contributed by atoms with van der Waals surface area (Å²) >= 11 is 8.28. The number of hydrogen-bond donors (Lipinski definition) is 0. The average molecular weight is 506 g/mol. The maximum absolute atomic E-state index is 13.4. The van der Waals surface area contributed by atoms with Gasteiger partial charge in [0.2, 0.25) is 5.91 Å². The molecule has 1 aromatic carbocycles. The highest BCUT2D eigenvalue weighted by Crippen LogP contribution is 2.56. The Bertz CT molecular complexity index is 1090. The lowest BCUT2D eigenvalue weighted by Crippen LogP contribution is -2.57. The molecule has 0 radical (unpaired) electrons. The van der Waals surface area contributed by atoms with Crippen molar-refractivity contribution >= 4 is 69.7 Å². The number of nitrogens with zero attached hydrogens (tertiary/aromatic N) is 1. The number of anilines is 1. The fraction of sp³-hybridized carbons (Fsp3) is 0.417. The van der Waals surface area contributed by atoms with Crippen molar-refractivity contribution in [3.63, 3.8) is 0 Å². The number of thioether (sulfide) groups is 2. The first-order chi connectivity index (χ1) is 15.5. The van der Waals surface area contributed by atoms with E-state index in [0.717, 1.165) is 45.9 Å². The van der Waals surface area contributed by atoms with E-state index in [4.69, 9.17) is 21.7 Å². The van der Waals surface area contributed by atoms with E-state index < -0.39 is 17.5 Å². The second-order valence-corrected chi connectivity index (χ2v) is 11.1. The summed E-state index contributed by atoms with van der Waals surface area (Å²) in [4.78, 5) is 40.9. The summed E-state index contributed by atoms with van der Waals surface area (Å²) in [5.74, 6) is -1.37. The average Bonchev–Trinajstić information content (AvgIpc) is 3.23. The molecule has 0 aliphatic carbocycles. The first-order valence-corrected chi connectivity index (χ1v) is 12.5. The van der Waals surface area contributed by atoms with E-state index >= 15 is 0 Å². The zero-order chi connectivity index (χ0) is 24.7. The van der Waals surface area contributed by atoms with Crippen molar-refractivity contribution in [2.24, 2.45) is 5.92 Å². The van der Waals surface area contributed by atoms with Gasteiger partial charge in [-0.1, -0.05) is 61.2 Å². The van der Waals surface area contributed by atoms with Gasteiger partial charge in [0.25, 0.3) is 0 Å². The molecule has 0 unspecified atom stereocenters. The molecular formula is C24H27NO5S3. The Labute approximate surface area is 208 Å². The lowest BCUT2D eigenvalue weighted by atomic mass is 9.82. The van der Waals surface area contributed by atoms with E-state index in [-0.39, 0.29) is 21.6 Å². The highest BCUT2D eigenvalue weighted by atomic mass is 32.2. The van der Waals surface area contributed by atoms with Gasteiger partial charge in [-0.3, -0.25) is 4.79 Å². The van der Waals surface area contributed by atoms with Crippen LogP contribution in [0.4, 0.5) is 5.69 Å². The number of aryl methyl sites for hydroxylation is 1. The molecule has 9 heteroatoms. The summed E-state index contributed by atoms with van der Waals surface area (Å²) in [5, 5.41) is 0. The van der Waals surface area contributed by atoms with Crippen molar-refractivity contribution in [1.29, 1.82) is 0 Å². The third-order valence-electron chi connectivity index (χ3n) is 5.80. The van der Waals surface area contributed by atoms with Gasteiger partial charge in [0.15, 0.2) is 0 Å². The van der Waals surface area contributed by atoms with Gasteiger partial charge in [-0.2, -0.15) is 0 Å². The minimum absolute atomic E-state index is 0.00866. The van der Waals surface area contributed by atoms with Crippen molar-refractivity contribution in [3.8, 4) is 0 Å². The largest absolute Gasteiger partial charge is 0.465 e. The molecule has 0 saturated carbocycles. The Kier molecular flexibility index (Phi) is 7.45. The third kappa shape index (κ3) is 4.38. The summed E-state index contributed by atoms with van der Waals surface area (Å²) in [5.41, 5.74) is 2.53. The van der Waals surface area contributed by atoms with Crippen LogP contribution in [0.5, 0.6) is 0 Å². The predicted octanol–water partition coefficient (Wildman–Crippen LogP) is 5.24. The number of thiocarbonyl (C=S) groups is 1. The number of carbonyl (C=O) groups is 3. The quantitative estimate of drug-likeness (QED) is 0.312. The van der Waals surface area contributed by atoms with Crippen molar-refractivity contribution in [2.45, 2.75) is 46.6 Å². The molecule has 176 valence electrons. The number of benzene rings is 1. The molecule has 0 fully saturated rings. The first kappa shape index (κ1) is 25.5. The van der Waals surface area contributed by atoms with Crippen LogP contribution in [0.1, 0.15) is 45.2 Å². The topological polar surface area (TPSA) is 72.9 Å². The van der Waals surface area contributed by atoms with Gasteiger partial charge < -0.3 is 14.4 Å². The van der Waals surface area contributed by atoms with Gasteiger partial charge in [-0.15, -0.1) is 0 Å². The van der Waals surface area contributed by atoms with Crippen LogP contribution in [-0.2, 0) is 23.9 Å². The van der Waals surface area contributed by atoms with Gasteiger partial charge in [0.05, 0.1) is 34.5 Å².